The van der Waals surface area contributed by atoms with E-state index in [0.29, 0.717) is 18.0 Å². The maximum Gasteiger partial charge on any atom is 0.311 e. The molecule has 1 fully saturated rings. The summed E-state index contributed by atoms with van der Waals surface area (Å²) < 4.78 is 10.3. The van der Waals surface area contributed by atoms with Gasteiger partial charge in [0.25, 0.3) is 5.91 Å². The molecule has 130 valence electrons. The van der Waals surface area contributed by atoms with Gasteiger partial charge in [-0.3, -0.25) is 14.4 Å². The first-order chi connectivity index (χ1) is 11.6. The number of nitrogens with zero attached hydrogens (tertiary/aromatic N) is 1. The highest BCUT2D eigenvalue weighted by Crippen LogP contribution is 2.32. The van der Waals surface area contributed by atoms with Crippen LogP contribution in [0, 0.1) is 5.92 Å². The van der Waals surface area contributed by atoms with Gasteiger partial charge >= 0.3 is 5.97 Å². The molecule has 0 aliphatic carbocycles. The van der Waals surface area contributed by atoms with Crippen LogP contribution in [0.4, 0.5) is 5.69 Å². The van der Waals surface area contributed by atoms with Gasteiger partial charge < -0.3 is 19.7 Å². The summed E-state index contributed by atoms with van der Waals surface area (Å²) in [5.41, 5.74) is 0.626. The van der Waals surface area contributed by atoms with Crippen molar-refractivity contribution in [2.45, 2.75) is 19.8 Å². The number of rotatable bonds is 7. The van der Waals surface area contributed by atoms with E-state index in [1.165, 1.54) is 12.0 Å². The molecule has 2 rings (SSSR count). The molecule has 24 heavy (non-hydrogen) atoms. The first-order valence-electron chi connectivity index (χ1n) is 7.93. The van der Waals surface area contributed by atoms with Gasteiger partial charge in [-0.15, -0.1) is 0 Å². The summed E-state index contributed by atoms with van der Waals surface area (Å²) in [4.78, 5) is 37.3. The zero-order valence-electron chi connectivity index (χ0n) is 13.9. The number of esters is 1. The molecule has 1 saturated heterocycles. The molecule has 0 bridgehead atoms. The number of carbonyl (C=O) groups is 3. The summed E-state index contributed by atoms with van der Waals surface area (Å²) >= 11 is 0. The SMILES string of the molecule is CCCNC(=O)COC(=O)[C@@H]1CC(=O)N(c2ccccc2OC)C1. The number of anilines is 1. The molecule has 1 atom stereocenters. The molecule has 0 aromatic heterocycles. The molecular formula is C17H22N2O5. The van der Waals surface area contributed by atoms with E-state index in [2.05, 4.69) is 5.32 Å². The zero-order valence-corrected chi connectivity index (χ0v) is 13.9. The normalized spacial score (nSPS) is 16.8. The van der Waals surface area contributed by atoms with Crippen molar-refractivity contribution in [2.24, 2.45) is 5.92 Å². The van der Waals surface area contributed by atoms with Gasteiger partial charge in [0.2, 0.25) is 5.91 Å². The Morgan fingerprint density at radius 1 is 1.33 bits per heavy atom. The van der Waals surface area contributed by atoms with Gasteiger partial charge in [-0.25, -0.2) is 0 Å². The van der Waals surface area contributed by atoms with E-state index >= 15 is 0 Å². The molecule has 0 spiro atoms. The van der Waals surface area contributed by atoms with Crippen LogP contribution in [0.2, 0.25) is 0 Å². The van der Waals surface area contributed by atoms with Crippen LogP contribution >= 0.6 is 0 Å². The van der Waals surface area contributed by atoms with Crippen molar-refractivity contribution in [2.75, 3.05) is 31.7 Å². The van der Waals surface area contributed by atoms with Gasteiger partial charge in [0, 0.05) is 19.5 Å². The summed E-state index contributed by atoms with van der Waals surface area (Å²) in [7, 11) is 1.53. The Hall–Kier alpha value is -2.57. The first kappa shape index (κ1) is 17.8. The molecule has 1 N–H and O–H groups in total. The molecule has 2 amide bonds. The minimum absolute atomic E-state index is 0.0630. The van der Waals surface area contributed by atoms with Gasteiger partial charge in [0.15, 0.2) is 6.61 Å². The van der Waals surface area contributed by atoms with Crippen molar-refractivity contribution in [1.29, 1.82) is 0 Å². The van der Waals surface area contributed by atoms with Crippen molar-refractivity contribution in [1.82, 2.24) is 5.32 Å². The number of benzene rings is 1. The van der Waals surface area contributed by atoms with Crippen molar-refractivity contribution in [3.05, 3.63) is 24.3 Å². The summed E-state index contributed by atoms with van der Waals surface area (Å²) in [5.74, 6) is -1.06. The smallest absolute Gasteiger partial charge is 0.311 e. The average Bonchev–Trinajstić information content (AvgIpc) is 2.99. The third-order valence-electron chi connectivity index (χ3n) is 3.75. The van der Waals surface area contributed by atoms with Crippen LogP contribution in [0.15, 0.2) is 24.3 Å². The zero-order chi connectivity index (χ0) is 17.5. The number of carbonyl (C=O) groups excluding carboxylic acids is 3. The third kappa shape index (κ3) is 4.24. The number of ether oxygens (including phenoxy) is 2. The quantitative estimate of drug-likeness (QED) is 0.755. The fourth-order valence-electron chi connectivity index (χ4n) is 2.52. The van der Waals surface area contributed by atoms with Gasteiger partial charge in [-0.05, 0) is 18.6 Å². The molecule has 0 saturated carbocycles. The molecule has 1 aliphatic rings. The molecule has 7 nitrogen and oxygen atoms in total. The van der Waals surface area contributed by atoms with E-state index in [1.54, 1.807) is 18.2 Å². The Morgan fingerprint density at radius 3 is 2.79 bits per heavy atom. The van der Waals surface area contributed by atoms with E-state index in [1.807, 2.05) is 13.0 Å². The highest BCUT2D eigenvalue weighted by atomic mass is 16.5. The predicted molar refractivity (Wildman–Crippen MR) is 87.7 cm³/mol. The summed E-state index contributed by atoms with van der Waals surface area (Å²) in [6.07, 6.45) is 0.873. The van der Waals surface area contributed by atoms with Crippen LogP contribution in [0.1, 0.15) is 19.8 Å². The lowest BCUT2D eigenvalue weighted by molar-refractivity contribution is -0.152. The molecule has 1 aliphatic heterocycles. The van der Waals surface area contributed by atoms with E-state index in [0.717, 1.165) is 6.42 Å². The van der Waals surface area contributed by atoms with Crippen molar-refractivity contribution in [3.63, 3.8) is 0 Å². The Labute approximate surface area is 140 Å². The molecule has 1 aromatic carbocycles. The number of hydrogen-bond donors (Lipinski definition) is 1. The monoisotopic (exact) mass is 334 g/mol. The molecular weight excluding hydrogens is 312 g/mol. The number of para-hydroxylation sites is 2. The first-order valence-corrected chi connectivity index (χ1v) is 7.93. The van der Waals surface area contributed by atoms with Crippen LogP contribution in [0.5, 0.6) is 5.75 Å². The Balaban J connectivity index is 1.94. The van der Waals surface area contributed by atoms with Crippen molar-refractivity contribution >= 4 is 23.5 Å². The Kier molecular flexibility index (Phi) is 6.17. The average molecular weight is 334 g/mol. The standard InChI is InChI=1S/C17H22N2O5/c1-3-8-18-15(20)11-24-17(22)12-9-16(21)19(10-12)13-6-4-5-7-14(13)23-2/h4-7,12H,3,8-11H2,1-2H3,(H,18,20)/t12-/m1/s1. The minimum Gasteiger partial charge on any atom is -0.495 e. The second kappa shape index (κ2) is 8.33. The number of methoxy groups -OCH3 is 1. The number of amides is 2. The lowest BCUT2D eigenvalue weighted by Crippen LogP contribution is -2.31. The summed E-state index contributed by atoms with van der Waals surface area (Å²) in [6, 6.07) is 7.13. The fourth-order valence-corrected chi connectivity index (χ4v) is 2.52. The minimum atomic E-state index is -0.582. The molecule has 0 unspecified atom stereocenters. The van der Waals surface area contributed by atoms with Crippen LogP contribution < -0.4 is 15.0 Å². The third-order valence-corrected chi connectivity index (χ3v) is 3.75. The lowest BCUT2D eigenvalue weighted by Gasteiger charge is -2.19. The number of hydrogen-bond acceptors (Lipinski definition) is 5. The lowest BCUT2D eigenvalue weighted by atomic mass is 10.1. The van der Waals surface area contributed by atoms with E-state index in [4.69, 9.17) is 9.47 Å². The topological polar surface area (TPSA) is 84.9 Å². The van der Waals surface area contributed by atoms with E-state index in [9.17, 15) is 14.4 Å². The van der Waals surface area contributed by atoms with Crippen molar-refractivity contribution < 1.29 is 23.9 Å². The van der Waals surface area contributed by atoms with Crippen molar-refractivity contribution in [3.8, 4) is 5.75 Å². The van der Waals surface area contributed by atoms with Gasteiger partial charge in [-0.2, -0.15) is 0 Å². The van der Waals surface area contributed by atoms with Crippen LogP contribution in [0.3, 0.4) is 0 Å². The highest BCUT2D eigenvalue weighted by molar-refractivity contribution is 6.00. The number of nitrogens with one attached hydrogen (secondary N) is 1. The fraction of sp³-hybridized carbons (Fsp3) is 0.471. The predicted octanol–water partition coefficient (Wildman–Crippen LogP) is 1.12. The van der Waals surface area contributed by atoms with Crippen LogP contribution in [0.25, 0.3) is 0 Å². The second-order valence-corrected chi connectivity index (χ2v) is 5.53. The van der Waals surface area contributed by atoms with Crippen LogP contribution in [-0.2, 0) is 19.1 Å². The molecule has 0 radical (unpaired) electrons. The summed E-state index contributed by atoms with van der Waals surface area (Å²) in [5, 5.41) is 2.63. The Bertz CT molecular complexity index is 617. The van der Waals surface area contributed by atoms with E-state index < -0.39 is 11.9 Å². The summed E-state index contributed by atoms with van der Waals surface area (Å²) in [6.45, 7) is 2.37. The maximum atomic E-state index is 12.2. The second-order valence-electron chi connectivity index (χ2n) is 5.53. The largest absolute Gasteiger partial charge is 0.495 e. The van der Waals surface area contributed by atoms with Crippen LogP contribution in [-0.4, -0.2) is 44.6 Å². The van der Waals surface area contributed by atoms with E-state index in [-0.39, 0.29) is 31.4 Å². The maximum absolute atomic E-state index is 12.2. The molecule has 1 heterocycles. The highest BCUT2D eigenvalue weighted by Gasteiger charge is 2.37. The van der Waals surface area contributed by atoms with Gasteiger partial charge in [0.05, 0.1) is 18.7 Å². The van der Waals surface area contributed by atoms with Gasteiger partial charge in [-0.1, -0.05) is 19.1 Å². The molecule has 1 aromatic rings. The Morgan fingerprint density at radius 2 is 2.08 bits per heavy atom. The molecule has 7 heteroatoms. The van der Waals surface area contributed by atoms with Gasteiger partial charge in [0.1, 0.15) is 5.75 Å².